The molecule has 0 saturated heterocycles. The van der Waals surface area contributed by atoms with Crippen molar-refractivity contribution < 1.29 is 14.3 Å². The van der Waals surface area contributed by atoms with Crippen LogP contribution in [-0.2, 0) is 11.3 Å². The fourth-order valence-corrected chi connectivity index (χ4v) is 2.43. The molecule has 1 amide bonds. The van der Waals surface area contributed by atoms with E-state index in [9.17, 15) is 4.79 Å². The third-order valence-electron chi connectivity index (χ3n) is 3.11. The molecule has 1 heterocycles. The number of amides is 1. The van der Waals surface area contributed by atoms with Gasteiger partial charge in [-0.3, -0.25) is 4.68 Å². The minimum Gasteiger partial charge on any atom is -0.493 e. The Morgan fingerprint density at radius 3 is 2.80 bits per heavy atom. The molecule has 0 bridgehead atoms. The maximum absolute atomic E-state index is 11.5. The lowest BCUT2D eigenvalue weighted by atomic mass is 10.1. The number of hydrogen-bond acceptors (Lipinski definition) is 4. The summed E-state index contributed by atoms with van der Waals surface area (Å²) in [6.07, 6.45) is 3.91. The second-order valence-corrected chi connectivity index (χ2v) is 7.63. The lowest BCUT2D eigenvalue weighted by Gasteiger charge is -2.19. The summed E-state index contributed by atoms with van der Waals surface area (Å²) in [4.78, 5) is 11.5. The van der Waals surface area contributed by atoms with E-state index in [4.69, 9.17) is 9.47 Å². The van der Waals surface area contributed by atoms with Crippen LogP contribution < -0.4 is 10.1 Å². The normalized spacial score (nSPS) is 11.2. The summed E-state index contributed by atoms with van der Waals surface area (Å²) in [6, 6.07) is 7.89. The molecule has 136 valence electrons. The first-order valence-electron chi connectivity index (χ1n) is 8.16. The summed E-state index contributed by atoms with van der Waals surface area (Å²) in [6.45, 7) is 7.21. The summed E-state index contributed by atoms with van der Waals surface area (Å²) < 4.78 is 13.6. The van der Waals surface area contributed by atoms with Gasteiger partial charge in [-0.25, -0.2) is 4.79 Å². The van der Waals surface area contributed by atoms with E-state index < -0.39 is 6.09 Å². The Labute approximate surface area is 156 Å². The Kier molecular flexibility index (Phi) is 6.87. The number of hydrogen-bond donors (Lipinski definition) is 1. The first-order valence-corrected chi connectivity index (χ1v) is 8.96. The Morgan fingerprint density at radius 2 is 2.12 bits per heavy atom. The van der Waals surface area contributed by atoms with Crippen LogP contribution in [0.5, 0.6) is 5.75 Å². The maximum atomic E-state index is 11.5. The number of alkyl carbamates (subject to hydrolysis) is 1. The van der Waals surface area contributed by atoms with E-state index in [1.807, 2.05) is 55.9 Å². The van der Waals surface area contributed by atoms with Crippen molar-refractivity contribution in [2.75, 3.05) is 13.2 Å². The van der Waals surface area contributed by atoms with Gasteiger partial charge in [-0.1, -0.05) is 12.1 Å². The maximum Gasteiger partial charge on any atom is 0.407 e. The summed E-state index contributed by atoms with van der Waals surface area (Å²) in [5, 5.41) is 6.99. The van der Waals surface area contributed by atoms with Crippen LogP contribution in [0.3, 0.4) is 0 Å². The first kappa shape index (κ1) is 19.3. The number of aromatic nitrogens is 2. The number of nitrogens with one attached hydrogen (secondary N) is 1. The highest BCUT2D eigenvalue weighted by Crippen LogP contribution is 2.15. The van der Waals surface area contributed by atoms with Crippen molar-refractivity contribution in [1.29, 1.82) is 0 Å². The Balaban J connectivity index is 1.71. The molecule has 0 aliphatic heterocycles. The highest BCUT2D eigenvalue weighted by Gasteiger charge is 2.14. The van der Waals surface area contributed by atoms with Crippen molar-refractivity contribution in [3.63, 3.8) is 0 Å². The van der Waals surface area contributed by atoms with Gasteiger partial charge in [0.2, 0.25) is 0 Å². The molecule has 0 saturated carbocycles. The number of benzene rings is 1. The molecule has 2 aromatic rings. The number of carbonyl (C=O) groups excluding carboxylic acids is 1. The molecule has 0 fully saturated rings. The van der Waals surface area contributed by atoms with E-state index in [0.29, 0.717) is 26.2 Å². The molecule has 0 unspecified atom stereocenters. The molecule has 7 heteroatoms. The van der Waals surface area contributed by atoms with E-state index in [1.165, 1.54) is 0 Å². The van der Waals surface area contributed by atoms with Gasteiger partial charge >= 0.3 is 6.09 Å². The van der Waals surface area contributed by atoms with Gasteiger partial charge in [0.15, 0.2) is 0 Å². The smallest absolute Gasteiger partial charge is 0.407 e. The lowest BCUT2D eigenvalue weighted by Crippen LogP contribution is -2.41. The average molecular weight is 410 g/mol. The van der Waals surface area contributed by atoms with E-state index in [-0.39, 0.29) is 5.54 Å². The van der Waals surface area contributed by atoms with Gasteiger partial charge in [0.05, 0.1) is 30.4 Å². The number of halogens is 1. The molecule has 1 N–H and O–H groups in total. The minimum atomic E-state index is -0.403. The van der Waals surface area contributed by atoms with E-state index >= 15 is 0 Å². The highest BCUT2D eigenvalue weighted by atomic mass is 79.9. The van der Waals surface area contributed by atoms with E-state index in [0.717, 1.165) is 15.8 Å². The van der Waals surface area contributed by atoms with Gasteiger partial charge in [0.25, 0.3) is 0 Å². The molecule has 0 spiro atoms. The van der Waals surface area contributed by atoms with Crippen molar-refractivity contribution in [3.8, 4) is 5.75 Å². The fourth-order valence-electron chi connectivity index (χ4n) is 2.10. The fraction of sp³-hybridized carbons (Fsp3) is 0.444. The quantitative estimate of drug-likeness (QED) is 0.702. The second-order valence-electron chi connectivity index (χ2n) is 6.72. The van der Waals surface area contributed by atoms with E-state index in [2.05, 4.69) is 26.3 Å². The van der Waals surface area contributed by atoms with Gasteiger partial charge in [-0.05, 0) is 54.4 Å². The van der Waals surface area contributed by atoms with Crippen molar-refractivity contribution in [1.82, 2.24) is 15.1 Å². The predicted molar refractivity (Wildman–Crippen MR) is 99.8 cm³/mol. The number of rotatable bonds is 7. The molecule has 0 atom stereocenters. The van der Waals surface area contributed by atoms with Crippen LogP contribution in [-0.4, -0.2) is 34.6 Å². The Bertz CT molecular complexity index is 695. The number of ether oxygens (including phenoxy) is 2. The molecule has 1 aromatic carbocycles. The summed E-state index contributed by atoms with van der Waals surface area (Å²) >= 11 is 3.39. The first-order chi connectivity index (χ1) is 11.8. The number of nitrogens with zero attached hydrogens (tertiary/aromatic N) is 2. The van der Waals surface area contributed by atoms with Gasteiger partial charge in [-0.2, -0.15) is 5.10 Å². The molecule has 6 nitrogen and oxygen atoms in total. The van der Waals surface area contributed by atoms with Crippen LogP contribution in [0.15, 0.2) is 41.1 Å². The molecule has 0 aliphatic rings. The predicted octanol–water partition coefficient (Wildman–Crippen LogP) is 3.99. The topological polar surface area (TPSA) is 65.4 Å². The van der Waals surface area contributed by atoms with Crippen molar-refractivity contribution >= 4 is 22.0 Å². The molecule has 0 aliphatic carbocycles. The highest BCUT2D eigenvalue weighted by molar-refractivity contribution is 9.10. The zero-order valence-corrected chi connectivity index (χ0v) is 16.4. The third-order valence-corrected chi connectivity index (χ3v) is 3.52. The second kappa shape index (κ2) is 8.89. The van der Waals surface area contributed by atoms with Crippen LogP contribution >= 0.6 is 15.9 Å². The molecule has 1 aromatic heterocycles. The number of carbonyl (C=O) groups is 1. The van der Waals surface area contributed by atoms with Gasteiger partial charge < -0.3 is 14.8 Å². The van der Waals surface area contributed by atoms with Crippen LogP contribution in [0.1, 0.15) is 32.8 Å². The minimum absolute atomic E-state index is 0.293. The average Bonchev–Trinajstić information content (AvgIpc) is 2.90. The molecule has 25 heavy (non-hydrogen) atoms. The van der Waals surface area contributed by atoms with Crippen molar-refractivity contribution in [3.05, 3.63) is 46.7 Å². The largest absolute Gasteiger partial charge is 0.493 e. The van der Waals surface area contributed by atoms with Gasteiger partial charge in [0.1, 0.15) is 5.75 Å². The zero-order valence-electron chi connectivity index (χ0n) is 14.8. The molecule has 2 rings (SSSR count). The Morgan fingerprint density at radius 1 is 1.32 bits per heavy atom. The summed E-state index contributed by atoms with van der Waals surface area (Å²) in [7, 11) is 0. The third kappa shape index (κ3) is 7.60. The van der Waals surface area contributed by atoms with Crippen LogP contribution in [0.4, 0.5) is 4.79 Å². The van der Waals surface area contributed by atoms with Crippen molar-refractivity contribution in [2.45, 2.75) is 39.3 Å². The van der Waals surface area contributed by atoms with Gasteiger partial charge in [0, 0.05) is 18.2 Å². The van der Waals surface area contributed by atoms with Crippen LogP contribution in [0, 0.1) is 0 Å². The van der Waals surface area contributed by atoms with Gasteiger partial charge in [-0.15, -0.1) is 0 Å². The molecular weight excluding hydrogens is 386 g/mol. The molecular formula is C18H24BrN3O3. The van der Waals surface area contributed by atoms with Crippen molar-refractivity contribution in [2.24, 2.45) is 0 Å². The molecule has 0 radical (unpaired) electrons. The summed E-state index contributed by atoms with van der Waals surface area (Å²) in [5.41, 5.74) is 0.812. The van der Waals surface area contributed by atoms with E-state index in [1.54, 1.807) is 6.20 Å². The lowest BCUT2D eigenvalue weighted by molar-refractivity contribution is 0.130. The summed E-state index contributed by atoms with van der Waals surface area (Å²) in [5.74, 6) is 0.794. The SMILES string of the molecule is CC(C)(C)NC(=O)OCCCOc1cccc(Cn2cc(Br)cn2)c1. The van der Waals surface area contributed by atoms with Crippen LogP contribution in [0.25, 0.3) is 0 Å². The standard InChI is InChI=1S/C18H24BrN3O3/c1-18(2,3)21-17(23)25-9-5-8-24-16-7-4-6-14(10-16)12-22-13-15(19)11-20-22/h4,6-7,10-11,13H,5,8-9,12H2,1-3H3,(H,21,23). The Hall–Kier alpha value is -2.02. The zero-order chi connectivity index (χ0) is 18.3. The monoisotopic (exact) mass is 409 g/mol. The van der Waals surface area contributed by atoms with Crippen LogP contribution in [0.2, 0.25) is 0 Å².